The van der Waals surface area contributed by atoms with E-state index in [9.17, 15) is 18.7 Å². The van der Waals surface area contributed by atoms with Crippen molar-refractivity contribution in [1.29, 1.82) is 0 Å². The Morgan fingerprint density at radius 3 is 2.41 bits per heavy atom. The minimum Gasteiger partial charge on any atom is -0.491 e. The molecule has 0 saturated carbocycles. The van der Waals surface area contributed by atoms with E-state index >= 15 is 0 Å². The molecule has 2 rings (SSSR count). The molecule has 0 aliphatic heterocycles. The summed E-state index contributed by atoms with van der Waals surface area (Å²) >= 11 is 5.88. The van der Waals surface area contributed by atoms with Crippen LogP contribution in [-0.4, -0.2) is 18.1 Å². The maximum absolute atomic E-state index is 13.5. The van der Waals surface area contributed by atoms with Gasteiger partial charge in [-0.1, -0.05) is 29.8 Å². The topological polar surface area (TPSA) is 58.6 Å². The van der Waals surface area contributed by atoms with E-state index in [1.807, 2.05) is 0 Å². The first-order chi connectivity index (χ1) is 10.4. The van der Waals surface area contributed by atoms with Crippen LogP contribution in [0.2, 0.25) is 5.02 Å². The van der Waals surface area contributed by atoms with Gasteiger partial charge in [-0.25, -0.2) is 8.78 Å². The summed E-state index contributed by atoms with van der Waals surface area (Å²) in [5.74, 6) is -3.35. The van der Waals surface area contributed by atoms with Gasteiger partial charge in [-0.05, 0) is 6.07 Å². The van der Waals surface area contributed by atoms with Gasteiger partial charge in [0.1, 0.15) is 0 Å². The Kier molecular flexibility index (Phi) is 4.95. The standard InChI is InChI=1S/C15H12ClF2NO3/c1-22-14-11(17)6-8(7-12(14)18)19-15(21)13(20)9-4-2-3-5-10(9)16/h2-7,13,20H,1H3,(H,19,21)/t13-/m1/s1. The highest BCUT2D eigenvalue weighted by atomic mass is 35.5. The lowest BCUT2D eigenvalue weighted by atomic mass is 10.1. The third-order valence-corrected chi connectivity index (χ3v) is 3.26. The van der Waals surface area contributed by atoms with Crippen molar-refractivity contribution in [1.82, 2.24) is 0 Å². The van der Waals surface area contributed by atoms with Gasteiger partial charge >= 0.3 is 0 Å². The summed E-state index contributed by atoms with van der Waals surface area (Å²) in [6.07, 6.45) is -1.57. The van der Waals surface area contributed by atoms with Crippen molar-refractivity contribution in [2.45, 2.75) is 6.10 Å². The van der Waals surface area contributed by atoms with Gasteiger partial charge in [-0.15, -0.1) is 0 Å². The number of carbonyl (C=O) groups is 1. The van der Waals surface area contributed by atoms with Crippen LogP contribution in [0.15, 0.2) is 36.4 Å². The van der Waals surface area contributed by atoms with Crippen LogP contribution in [-0.2, 0) is 4.79 Å². The fourth-order valence-corrected chi connectivity index (χ4v) is 2.11. The molecule has 2 N–H and O–H groups in total. The molecule has 0 unspecified atom stereocenters. The van der Waals surface area contributed by atoms with Crippen LogP contribution in [0.1, 0.15) is 11.7 Å². The fourth-order valence-electron chi connectivity index (χ4n) is 1.88. The number of rotatable bonds is 4. The molecular weight excluding hydrogens is 316 g/mol. The SMILES string of the molecule is COc1c(F)cc(NC(=O)[C@H](O)c2ccccc2Cl)cc1F. The highest BCUT2D eigenvalue weighted by Crippen LogP contribution is 2.27. The molecular formula is C15H12ClF2NO3. The quantitative estimate of drug-likeness (QED) is 0.906. The largest absolute Gasteiger partial charge is 0.491 e. The minimum absolute atomic E-state index is 0.146. The first-order valence-corrected chi connectivity index (χ1v) is 6.58. The van der Waals surface area contributed by atoms with Gasteiger partial charge in [-0.2, -0.15) is 0 Å². The van der Waals surface area contributed by atoms with Gasteiger partial charge in [0, 0.05) is 28.4 Å². The zero-order chi connectivity index (χ0) is 16.3. The molecule has 7 heteroatoms. The summed E-state index contributed by atoms with van der Waals surface area (Å²) < 4.78 is 31.6. The molecule has 0 radical (unpaired) electrons. The first-order valence-electron chi connectivity index (χ1n) is 6.20. The van der Waals surface area contributed by atoms with Gasteiger partial charge < -0.3 is 15.2 Å². The number of nitrogens with one attached hydrogen (secondary N) is 1. The zero-order valence-corrected chi connectivity index (χ0v) is 12.2. The molecule has 1 atom stereocenters. The molecule has 1 amide bonds. The summed E-state index contributed by atoms with van der Waals surface area (Å²) in [5, 5.41) is 12.4. The maximum atomic E-state index is 13.5. The Hall–Kier alpha value is -2.18. The molecule has 116 valence electrons. The molecule has 0 aromatic heterocycles. The number of aliphatic hydroxyl groups is 1. The molecule has 0 aliphatic rings. The number of carbonyl (C=O) groups excluding carboxylic acids is 1. The lowest BCUT2D eigenvalue weighted by Crippen LogP contribution is -2.21. The fraction of sp³-hybridized carbons (Fsp3) is 0.133. The summed E-state index contributed by atoms with van der Waals surface area (Å²) in [5.41, 5.74) is 0.0445. The van der Waals surface area contributed by atoms with Crippen LogP contribution in [0, 0.1) is 11.6 Å². The number of anilines is 1. The average Bonchev–Trinajstić information content (AvgIpc) is 2.46. The van der Waals surface area contributed by atoms with Crippen LogP contribution < -0.4 is 10.1 Å². The summed E-state index contributed by atoms with van der Waals surface area (Å²) in [7, 11) is 1.13. The van der Waals surface area contributed by atoms with Crippen LogP contribution in [0.3, 0.4) is 0 Å². The van der Waals surface area contributed by atoms with E-state index in [1.165, 1.54) is 12.1 Å². The van der Waals surface area contributed by atoms with Gasteiger partial charge in [-0.3, -0.25) is 4.79 Å². The van der Waals surface area contributed by atoms with Crippen molar-refractivity contribution in [3.8, 4) is 5.75 Å². The molecule has 0 spiro atoms. The molecule has 0 heterocycles. The molecule has 0 bridgehead atoms. The molecule has 2 aromatic carbocycles. The Morgan fingerprint density at radius 1 is 1.27 bits per heavy atom. The van der Waals surface area contributed by atoms with Gasteiger partial charge in [0.15, 0.2) is 23.5 Å². The molecule has 2 aromatic rings. The van der Waals surface area contributed by atoms with E-state index in [4.69, 9.17) is 11.6 Å². The predicted molar refractivity (Wildman–Crippen MR) is 78.0 cm³/mol. The van der Waals surface area contributed by atoms with Crippen molar-refractivity contribution in [3.63, 3.8) is 0 Å². The van der Waals surface area contributed by atoms with Crippen LogP contribution in [0.5, 0.6) is 5.75 Å². The molecule has 22 heavy (non-hydrogen) atoms. The summed E-state index contributed by atoms with van der Waals surface area (Å²) in [6.45, 7) is 0. The molecule has 0 aliphatic carbocycles. The highest BCUT2D eigenvalue weighted by molar-refractivity contribution is 6.31. The number of hydrogen-bond acceptors (Lipinski definition) is 3. The van der Waals surface area contributed by atoms with E-state index < -0.39 is 29.4 Å². The van der Waals surface area contributed by atoms with Crippen LogP contribution in [0.4, 0.5) is 14.5 Å². The van der Waals surface area contributed by atoms with Crippen molar-refractivity contribution >= 4 is 23.2 Å². The second-order valence-electron chi connectivity index (χ2n) is 4.39. The van der Waals surface area contributed by atoms with Crippen molar-refractivity contribution in [3.05, 3.63) is 58.6 Å². The van der Waals surface area contributed by atoms with Crippen LogP contribution in [0.25, 0.3) is 0 Å². The second-order valence-corrected chi connectivity index (χ2v) is 4.79. The van der Waals surface area contributed by atoms with Crippen molar-refractivity contribution < 1.29 is 23.4 Å². The third kappa shape index (κ3) is 3.35. The Morgan fingerprint density at radius 2 is 1.86 bits per heavy atom. The van der Waals surface area contributed by atoms with Crippen LogP contribution >= 0.6 is 11.6 Å². The summed E-state index contributed by atoms with van der Waals surface area (Å²) in [6, 6.07) is 8.01. The zero-order valence-electron chi connectivity index (χ0n) is 11.4. The van der Waals surface area contributed by atoms with Gasteiger partial charge in [0.05, 0.1) is 7.11 Å². The summed E-state index contributed by atoms with van der Waals surface area (Å²) in [4.78, 5) is 11.9. The third-order valence-electron chi connectivity index (χ3n) is 2.92. The molecule has 0 fully saturated rings. The number of benzene rings is 2. The number of methoxy groups -OCH3 is 1. The van der Waals surface area contributed by atoms with E-state index in [2.05, 4.69) is 10.1 Å². The monoisotopic (exact) mass is 327 g/mol. The number of aliphatic hydroxyl groups excluding tert-OH is 1. The van der Waals surface area contributed by atoms with E-state index in [1.54, 1.807) is 12.1 Å². The predicted octanol–water partition coefficient (Wildman–Crippen LogP) is 3.30. The minimum atomic E-state index is -1.57. The van der Waals surface area contributed by atoms with E-state index in [0.29, 0.717) is 0 Å². The molecule has 4 nitrogen and oxygen atoms in total. The molecule has 0 saturated heterocycles. The Labute approximate surface area is 130 Å². The Bertz CT molecular complexity index is 686. The second kappa shape index (κ2) is 6.72. The van der Waals surface area contributed by atoms with Gasteiger partial charge in [0.2, 0.25) is 0 Å². The smallest absolute Gasteiger partial charge is 0.257 e. The highest BCUT2D eigenvalue weighted by Gasteiger charge is 2.21. The van der Waals surface area contributed by atoms with E-state index in [-0.39, 0.29) is 16.3 Å². The number of hydrogen-bond donors (Lipinski definition) is 2. The van der Waals surface area contributed by atoms with Gasteiger partial charge in [0.25, 0.3) is 5.91 Å². The number of amides is 1. The van der Waals surface area contributed by atoms with Crippen molar-refractivity contribution in [2.24, 2.45) is 0 Å². The lowest BCUT2D eigenvalue weighted by molar-refractivity contribution is -0.124. The first kappa shape index (κ1) is 16.2. The van der Waals surface area contributed by atoms with E-state index in [0.717, 1.165) is 19.2 Å². The number of ether oxygens (including phenoxy) is 1. The Balaban J connectivity index is 2.21. The maximum Gasteiger partial charge on any atom is 0.257 e. The number of halogens is 3. The average molecular weight is 328 g/mol. The van der Waals surface area contributed by atoms with Crippen molar-refractivity contribution in [2.75, 3.05) is 12.4 Å². The lowest BCUT2D eigenvalue weighted by Gasteiger charge is -2.14. The normalized spacial score (nSPS) is 11.9.